The molecule has 2 heterocycles. The van der Waals surface area contributed by atoms with Gasteiger partial charge in [0.1, 0.15) is 28.7 Å². The van der Waals surface area contributed by atoms with Crippen molar-refractivity contribution < 1.29 is 33.4 Å². The predicted molar refractivity (Wildman–Crippen MR) is 119 cm³/mol. The molecule has 1 aliphatic heterocycles. The van der Waals surface area contributed by atoms with Crippen molar-refractivity contribution in [3.05, 3.63) is 33.7 Å². The Bertz CT molecular complexity index is 1150. The third kappa shape index (κ3) is 5.82. The van der Waals surface area contributed by atoms with Gasteiger partial charge in [-0.2, -0.15) is 0 Å². The number of aliphatic carboxylic acids is 1. The van der Waals surface area contributed by atoms with Gasteiger partial charge in [-0.25, -0.2) is 4.79 Å². The standard InChI is InChI=1S/C23H28N2O8/c1-12-9-19(28)32-21-14-5-7-23(3,4)33-15(14)10-16(20(12)21)31-11-18(27)24-8-6-17(26)25-13(2)22(29)30/h9-10,13H,5-8,11H2,1-4H3,(H,24,27)(H,25,26)(H,29,30)/t13-/m0/s1. The summed E-state index contributed by atoms with van der Waals surface area (Å²) < 4.78 is 17.3. The van der Waals surface area contributed by atoms with Crippen LogP contribution in [0.1, 0.15) is 44.7 Å². The van der Waals surface area contributed by atoms with E-state index in [1.807, 2.05) is 13.8 Å². The van der Waals surface area contributed by atoms with Crippen LogP contribution in [0.4, 0.5) is 0 Å². The Morgan fingerprint density at radius 3 is 2.67 bits per heavy atom. The van der Waals surface area contributed by atoms with Gasteiger partial charge in [0, 0.05) is 30.7 Å². The fraction of sp³-hybridized carbons (Fsp3) is 0.478. The summed E-state index contributed by atoms with van der Waals surface area (Å²) in [6, 6.07) is 2.07. The molecular weight excluding hydrogens is 432 g/mol. The number of aryl methyl sites for hydroxylation is 2. The number of hydrogen-bond donors (Lipinski definition) is 3. The maximum atomic E-state index is 12.2. The van der Waals surface area contributed by atoms with E-state index >= 15 is 0 Å². The molecule has 10 heteroatoms. The normalized spacial score (nSPS) is 15.2. The van der Waals surface area contributed by atoms with Gasteiger partial charge in [0.2, 0.25) is 5.91 Å². The predicted octanol–water partition coefficient (Wildman–Crippen LogP) is 1.68. The molecule has 2 aromatic rings. The van der Waals surface area contributed by atoms with Crippen molar-refractivity contribution in [2.45, 2.75) is 58.6 Å². The first-order valence-corrected chi connectivity index (χ1v) is 10.7. The number of benzene rings is 1. The first-order chi connectivity index (χ1) is 15.5. The Balaban J connectivity index is 1.70. The van der Waals surface area contributed by atoms with E-state index in [0.717, 1.165) is 12.0 Å². The van der Waals surface area contributed by atoms with E-state index in [9.17, 15) is 19.2 Å². The average molecular weight is 460 g/mol. The number of nitrogens with one attached hydrogen (secondary N) is 2. The highest BCUT2D eigenvalue weighted by molar-refractivity contribution is 5.92. The second kappa shape index (κ2) is 9.51. The van der Waals surface area contributed by atoms with E-state index in [0.29, 0.717) is 34.5 Å². The molecule has 178 valence electrons. The lowest BCUT2D eigenvalue weighted by Crippen LogP contribution is -2.40. The molecule has 1 aromatic heterocycles. The van der Waals surface area contributed by atoms with Crippen LogP contribution in [0.5, 0.6) is 11.5 Å². The Hall–Kier alpha value is -3.56. The number of carbonyl (C=O) groups is 3. The lowest BCUT2D eigenvalue weighted by Gasteiger charge is -2.33. The van der Waals surface area contributed by atoms with Crippen molar-refractivity contribution in [2.24, 2.45) is 0 Å². The van der Waals surface area contributed by atoms with Crippen molar-refractivity contribution in [1.29, 1.82) is 0 Å². The van der Waals surface area contributed by atoms with Gasteiger partial charge in [-0.05, 0) is 46.1 Å². The van der Waals surface area contributed by atoms with Gasteiger partial charge in [-0.15, -0.1) is 0 Å². The van der Waals surface area contributed by atoms with Crippen LogP contribution in [0.2, 0.25) is 0 Å². The Morgan fingerprint density at radius 2 is 1.97 bits per heavy atom. The summed E-state index contributed by atoms with van der Waals surface area (Å²) in [4.78, 5) is 46.7. The van der Waals surface area contributed by atoms with Crippen LogP contribution in [0, 0.1) is 6.92 Å². The summed E-state index contributed by atoms with van der Waals surface area (Å²) in [7, 11) is 0. The molecule has 1 atom stereocenters. The largest absolute Gasteiger partial charge is 0.487 e. The monoisotopic (exact) mass is 460 g/mol. The second-order valence-electron chi connectivity index (χ2n) is 8.68. The van der Waals surface area contributed by atoms with E-state index in [-0.39, 0.29) is 19.6 Å². The fourth-order valence-corrected chi connectivity index (χ4v) is 3.62. The van der Waals surface area contributed by atoms with Gasteiger partial charge < -0.3 is 29.6 Å². The SMILES string of the molecule is Cc1cc(=O)oc2c3c(cc(OCC(=O)NCCC(=O)N[C@@H](C)C(=O)O)c12)OC(C)(C)CC3. The van der Waals surface area contributed by atoms with Gasteiger partial charge in [0.15, 0.2) is 6.61 Å². The molecule has 0 spiro atoms. The van der Waals surface area contributed by atoms with Gasteiger partial charge in [-0.1, -0.05) is 0 Å². The minimum atomic E-state index is -1.14. The van der Waals surface area contributed by atoms with E-state index in [4.69, 9.17) is 19.0 Å². The van der Waals surface area contributed by atoms with Gasteiger partial charge in [0.25, 0.3) is 5.91 Å². The molecule has 1 aromatic carbocycles. The summed E-state index contributed by atoms with van der Waals surface area (Å²) in [5.74, 6) is -1.19. The van der Waals surface area contributed by atoms with E-state index in [1.54, 1.807) is 13.0 Å². The molecule has 0 bridgehead atoms. The molecule has 2 amide bonds. The highest BCUT2D eigenvalue weighted by Gasteiger charge is 2.30. The summed E-state index contributed by atoms with van der Waals surface area (Å²) >= 11 is 0. The van der Waals surface area contributed by atoms with Crippen LogP contribution in [0.15, 0.2) is 21.3 Å². The van der Waals surface area contributed by atoms with Crippen LogP contribution in [0.3, 0.4) is 0 Å². The summed E-state index contributed by atoms with van der Waals surface area (Å²) in [6.45, 7) is 6.74. The molecule has 33 heavy (non-hydrogen) atoms. The van der Waals surface area contributed by atoms with Gasteiger partial charge >= 0.3 is 11.6 Å². The first kappa shape index (κ1) is 24.1. The molecule has 0 unspecified atom stereocenters. The average Bonchev–Trinajstić information content (AvgIpc) is 2.70. The van der Waals surface area contributed by atoms with E-state index < -0.39 is 35.1 Å². The number of carbonyl (C=O) groups excluding carboxylic acids is 2. The summed E-state index contributed by atoms with van der Waals surface area (Å²) in [6.07, 6.45) is 1.36. The lowest BCUT2D eigenvalue weighted by molar-refractivity contribution is -0.141. The molecule has 1 aliphatic rings. The second-order valence-corrected chi connectivity index (χ2v) is 8.68. The molecule has 10 nitrogen and oxygen atoms in total. The summed E-state index contributed by atoms with van der Waals surface area (Å²) in [5.41, 5.74) is 0.986. The van der Waals surface area contributed by atoms with Crippen molar-refractivity contribution in [1.82, 2.24) is 10.6 Å². The van der Waals surface area contributed by atoms with Crippen LogP contribution < -0.4 is 25.7 Å². The minimum absolute atomic E-state index is 0.0243. The Kier molecular flexibility index (Phi) is 6.95. The third-order valence-corrected chi connectivity index (χ3v) is 5.38. The minimum Gasteiger partial charge on any atom is -0.487 e. The lowest BCUT2D eigenvalue weighted by atomic mass is 9.92. The van der Waals surface area contributed by atoms with E-state index in [1.165, 1.54) is 13.0 Å². The number of hydrogen-bond acceptors (Lipinski definition) is 7. The van der Waals surface area contributed by atoms with Gasteiger partial charge in [-0.3, -0.25) is 14.4 Å². The highest BCUT2D eigenvalue weighted by atomic mass is 16.5. The zero-order valence-electron chi connectivity index (χ0n) is 19.1. The number of amides is 2. The van der Waals surface area contributed by atoms with Crippen molar-refractivity contribution in [3.63, 3.8) is 0 Å². The summed E-state index contributed by atoms with van der Waals surface area (Å²) in [5, 5.41) is 14.3. The van der Waals surface area contributed by atoms with Gasteiger partial charge in [0.05, 0.1) is 5.39 Å². The zero-order chi connectivity index (χ0) is 24.3. The van der Waals surface area contributed by atoms with Crippen LogP contribution >= 0.6 is 0 Å². The highest BCUT2D eigenvalue weighted by Crippen LogP contribution is 2.42. The molecule has 0 fully saturated rings. The van der Waals surface area contributed by atoms with Crippen LogP contribution in [0.25, 0.3) is 11.0 Å². The molecule has 0 aliphatic carbocycles. The molecule has 3 N–H and O–H groups in total. The molecule has 0 saturated heterocycles. The molecule has 3 rings (SSSR count). The van der Waals surface area contributed by atoms with Crippen molar-refractivity contribution >= 4 is 28.8 Å². The molecular formula is C23H28N2O8. The number of ether oxygens (including phenoxy) is 2. The number of rotatable bonds is 8. The molecule has 0 radical (unpaired) electrons. The topological polar surface area (TPSA) is 144 Å². The number of fused-ring (bicyclic) bond motifs is 3. The maximum absolute atomic E-state index is 12.2. The Morgan fingerprint density at radius 1 is 1.24 bits per heavy atom. The van der Waals surface area contributed by atoms with E-state index in [2.05, 4.69) is 10.6 Å². The first-order valence-electron chi connectivity index (χ1n) is 10.7. The maximum Gasteiger partial charge on any atom is 0.336 e. The Labute approximate surface area is 190 Å². The van der Waals surface area contributed by atoms with Crippen molar-refractivity contribution in [2.75, 3.05) is 13.2 Å². The number of carboxylic acids is 1. The smallest absolute Gasteiger partial charge is 0.336 e. The number of carboxylic acid groups (broad SMARTS) is 1. The molecule has 0 saturated carbocycles. The third-order valence-electron chi connectivity index (χ3n) is 5.38. The van der Waals surface area contributed by atoms with Crippen molar-refractivity contribution in [3.8, 4) is 11.5 Å². The van der Waals surface area contributed by atoms with Crippen LogP contribution in [-0.2, 0) is 20.8 Å². The zero-order valence-corrected chi connectivity index (χ0v) is 19.1. The fourth-order valence-electron chi connectivity index (χ4n) is 3.62. The quantitative estimate of drug-likeness (QED) is 0.505. The van der Waals surface area contributed by atoms with Crippen LogP contribution in [-0.4, -0.2) is 47.7 Å².